The summed E-state index contributed by atoms with van der Waals surface area (Å²) in [4.78, 5) is 11.0. The summed E-state index contributed by atoms with van der Waals surface area (Å²) in [5.41, 5.74) is 4.44. The van der Waals surface area contributed by atoms with E-state index in [1.165, 1.54) is 12.1 Å². The van der Waals surface area contributed by atoms with Crippen molar-refractivity contribution in [1.29, 1.82) is 0 Å². The lowest BCUT2D eigenvalue weighted by Crippen LogP contribution is -2.05. The number of methoxy groups -OCH3 is 1. The van der Waals surface area contributed by atoms with Crippen LogP contribution in [0, 0.1) is 5.92 Å². The zero-order chi connectivity index (χ0) is 18.2. The van der Waals surface area contributed by atoms with Gasteiger partial charge >= 0.3 is 5.97 Å². The fourth-order valence-corrected chi connectivity index (χ4v) is 2.04. The van der Waals surface area contributed by atoms with Crippen molar-refractivity contribution in [3.63, 3.8) is 0 Å². The average molecular weight is 342 g/mol. The van der Waals surface area contributed by atoms with Crippen LogP contribution in [-0.4, -0.2) is 31.0 Å². The molecule has 2 N–H and O–H groups in total. The highest BCUT2D eigenvalue weighted by Crippen LogP contribution is 2.28. The minimum Gasteiger partial charge on any atom is -0.493 e. The molecule has 2 aromatic rings. The first kappa shape index (κ1) is 18.3. The first-order valence-corrected chi connectivity index (χ1v) is 7.93. The summed E-state index contributed by atoms with van der Waals surface area (Å²) in [5, 5.41) is 13.1. The van der Waals surface area contributed by atoms with Crippen LogP contribution in [-0.2, 0) is 0 Å². The Balaban J connectivity index is 2.05. The topological polar surface area (TPSA) is 80.2 Å². The molecule has 25 heavy (non-hydrogen) atoms. The molecule has 0 heterocycles. The molecule has 6 heteroatoms. The first-order valence-electron chi connectivity index (χ1n) is 7.93. The van der Waals surface area contributed by atoms with Gasteiger partial charge in [0, 0.05) is 0 Å². The van der Waals surface area contributed by atoms with Gasteiger partial charge in [-0.3, -0.25) is 5.43 Å². The summed E-state index contributed by atoms with van der Waals surface area (Å²) in [5.74, 6) is 0.777. The molecule has 0 saturated heterocycles. The summed E-state index contributed by atoms with van der Waals surface area (Å²) in [7, 11) is 1.59. The lowest BCUT2D eigenvalue weighted by Gasteiger charge is -2.12. The third-order valence-electron chi connectivity index (χ3n) is 3.28. The van der Waals surface area contributed by atoms with E-state index in [9.17, 15) is 4.79 Å². The maximum Gasteiger partial charge on any atom is 0.335 e. The molecule has 0 bridgehead atoms. The summed E-state index contributed by atoms with van der Waals surface area (Å²) >= 11 is 0. The molecule has 0 aliphatic carbocycles. The van der Waals surface area contributed by atoms with Crippen molar-refractivity contribution >= 4 is 17.9 Å². The van der Waals surface area contributed by atoms with Gasteiger partial charge in [0.05, 0.1) is 31.2 Å². The van der Waals surface area contributed by atoms with Crippen molar-refractivity contribution < 1.29 is 19.4 Å². The van der Waals surface area contributed by atoms with Crippen LogP contribution in [0.4, 0.5) is 5.69 Å². The molecule has 0 aliphatic heterocycles. The number of hydrogen-bond acceptors (Lipinski definition) is 5. The summed E-state index contributed by atoms with van der Waals surface area (Å²) in [6.07, 6.45) is 1.63. The second kappa shape index (κ2) is 8.73. The third kappa shape index (κ3) is 5.53. The zero-order valence-electron chi connectivity index (χ0n) is 14.5. The van der Waals surface area contributed by atoms with Gasteiger partial charge in [-0.05, 0) is 47.9 Å². The molecule has 132 valence electrons. The highest BCUT2D eigenvalue weighted by atomic mass is 16.5. The fraction of sp³-hybridized carbons (Fsp3) is 0.263. The van der Waals surface area contributed by atoms with E-state index in [2.05, 4.69) is 24.4 Å². The second-order valence-electron chi connectivity index (χ2n) is 5.87. The molecule has 2 rings (SSSR count). The summed E-state index contributed by atoms with van der Waals surface area (Å²) in [6.45, 7) is 4.78. The SMILES string of the molecule is COc1cc(C=NNc2cccc(C(=O)O)c2)ccc1OCC(C)C. The van der Waals surface area contributed by atoms with Crippen LogP contribution in [0.1, 0.15) is 29.8 Å². The molecular weight excluding hydrogens is 320 g/mol. The number of carbonyl (C=O) groups is 1. The molecule has 0 aliphatic rings. The molecule has 0 saturated carbocycles. The van der Waals surface area contributed by atoms with Gasteiger partial charge in [0.25, 0.3) is 0 Å². The molecule has 6 nitrogen and oxygen atoms in total. The third-order valence-corrected chi connectivity index (χ3v) is 3.28. The number of benzene rings is 2. The summed E-state index contributed by atoms with van der Waals surface area (Å²) < 4.78 is 11.1. The number of nitrogens with zero attached hydrogens (tertiary/aromatic N) is 1. The van der Waals surface area contributed by atoms with Crippen LogP contribution in [0.3, 0.4) is 0 Å². The van der Waals surface area contributed by atoms with Crippen LogP contribution < -0.4 is 14.9 Å². The minimum absolute atomic E-state index is 0.202. The number of ether oxygens (including phenoxy) is 2. The van der Waals surface area contributed by atoms with E-state index in [1.807, 2.05) is 18.2 Å². The Hall–Kier alpha value is -3.02. The van der Waals surface area contributed by atoms with Gasteiger partial charge in [-0.25, -0.2) is 4.79 Å². The van der Waals surface area contributed by atoms with Crippen molar-refractivity contribution in [3.8, 4) is 11.5 Å². The maximum atomic E-state index is 11.0. The van der Waals surface area contributed by atoms with Gasteiger partial charge in [-0.15, -0.1) is 0 Å². The maximum absolute atomic E-state index is 11.0. The van der Waals surface area contributed by atoms with Gasteiger partial charge < -0.3 is 14.6 Å². The van der Waals surface area contributed by atoms with E-state index in [1.54, 1.807) is 25.5 Å². The van der Waals surface area contributed by atoms with Crippen LogP contribution in [0.2, 0.25) is 0 Å². The number of hydrogen-bond donors (Lipinski definition) is 2. The molecule has 0 aromatic heterocycles. The molecule has 0 amide bonds. The van der Waals surface area contributed by atoms with Crippen molar-refractivity contribution in [2.45, 2.75) is 13.8 Å². The standard InChI is InChI=1S/C19H22N2O4/c1-13(2)12-25-17-8-7-14(9-18(17)24-3)11-20-21-16-6-4-5-15(10-16)19(22)23/h4-11,13,21H,12H2,1-3H3,(H,22,23). The molecule has 0 atom stereocenters. The summed E-state index contributed by atoms with van der Waals surface area (Å²) in [6, 6.07) is 12.0. The highest BCUT2D eigenvalue weighted by molar-refractivity contribution is 5.89. The molecule has 0 fully saturated rings. The second-order valence-corrected chi connectivity index (χ2v) is 5.87. The largest absolute Gasteiger partial charge is 0.493 e. The lowest BCUT2D eigenvalue weighted by molar-refractivity contribution is 0.0697. The smallest absolute Gasteiger partial charge is 0.335 e. The Morgan fingerprint density at radius 1 is 1.24 bits per heavy atom. The number of carboxylic acids is 1. The van der Waals surface area contributed by atoms with Crippen molar-refractivity contribution in [1.82, 2.24) is 0 Å². The number of nitrogens with one attached hydrogen (secondary N) is 1. The molecular formula is C19H22N2O4. The number of anilines is 1. The average Bonchev–Trinajstić information content (AvgIpc) is 2.60. The van der Waals surface area contributed by atoms with Gasteiger partial charge in [0.15, 0.2) is 11.5 Å². The zero-order valence-corrected chi connectivity index (χ0v) is 14.5. The van der Waals surface area contributed by atoms with Crippen LogP contribution in [0.5, 0.6) is 11.5 Å². The van der Waals surface area contributed by atoms with Crippen molar-refractivity contribution in [2.24, 2.45) is 11.0 Å². The normalized spacial score (nSPS) is 10.9. The van der Waals surface area contributed by atoms with Gasteiger partial charge in [0.2, 0.25) is 0 Å². The minimum atomic E-state index is -0.977. The Kier molecular flexibility index (Phi) is 6.39. The van der Waals surface area contributed by atoms with Crippen LogP contribution >= 0.6 is 0 Å². The van der Waals surface area contributed by atoms with E-state index < -0.39 is 5.97 Å². The Bertz CT molecular complexity index is 757. The number of hydrazone groups is 1. The Labute approximate surface area is 147 Å². The lowest BCUT2D eigenvalue weighted by atomic mass is 10.2. The number of aromatic carboxylic acids is 1. The molecule has 0 spiro atoms. The van der Waals surface area contributed by atoms with E-state index in [-0.39, 0.29) is 5.56 Å². The van der Waals surface area contributed by atoms with Gasteiger partial charge in [-0.1, -0.05) is 19.9 Å². The number of carboxylic acid groups (broad SMARTS) is 1. The van der Waals surface area contributed by atoms with E-state index in [0.29, 0.717) is 29.7 Å². The number of rotatable bonds is 8. The van der Waals surface area contributed by atoms with Gasteiger partial charge in [0.1, 0.15) is 0 Å². The Morgan fingerprint density at radius 3 is 2.72 bits per heavy atom. The quantitative estimate of drug-likeness (QED) is 0.562. The monoisotopic (exact) mass is 342 g/mol. The fourth-order valence-electron chi connectivity index (χ4n) is 2.04. The van der Waals surface area contributed by atoms with E-state index >= 15 is 0 Å². The molecule has 0 unspecified atom stereocenters. The predicted molar refractivity (Wildman–Crippen MR) is 97.9 cm³/mol. The first-order chi connectivity index (χ1) is 12.0. The van der Waals surface area contributed by atoms with Crippen molar-refractivity contribution in [3.05, 3.63) is 53.6 Å². The van der Waals surface area contributed by atoms with Crippen LogP contribution in [0.15, 0.2) is 47.6 Å². The predicted octanol–water partition coefficient (Wildman–Crippen LogP) is 3.87. The van der Waals surface area contributed by atoms with Gasteiger partial charge in [-0.2, -0.15) is 5.10 Å². The molecule has 0 radical (unpaired) electrons. The molecule has 2 aromatic carbocycles. The van der Waals surface area contributed by atoms with Crippen molar-refractivity contribution in [2.75, 3.05) is 19.1 Å². The highest BCUT2D eigenvalue weighted by Gasteiger charge is 2.06. The van der Waals surface area contributed by atoms with Crippen LogP contribution in [0.25, 0.3) is 0 Å². The van der Waals surface area contributed by atoms with E-state index in [0.717, 1.165) is 5.56 Å². The van der Waals surface area contributed by atoms with E-state index in [4.69, 9.17) is 14.6 Å². The Morgan fingerprint density at radius 2 is 2.04 bits per heavy atom.